The molecule has 1 aliphatic heterocycles. The zero-order valence-corrected chi connectivity index (χ0v) is 12.4. The molecule has 0 saturated carbocycles. The highest BCUT2D eigenvalue weighted by molar-refractivity contribution is 5.20. The normalized spacial score (nSPS) is 17.0. The van der Waals surface area contributed by atoms with Crippen LogP contribution in [0.1, 0.15) is 30.0 Å². The van der Waals surface area contributed by atoms with Gasteiger partial charge in [0.2, 0.25) is 0 Å². The molecule has 1 aromatic carbocycles. The van der Waals surface area contributed by atoms with Crippen LogP contribution in [0, 0.1) is 0 Å². The number of nitrogens with one attached hydrogen (secondary N) is 1. The van der Waals surface area contributed by atoms with Crippen molar-refractivity contribution in [2.45, 2.75) is 25.4 Å². The lowest BCUT2D eigenvalue weighted by Crippen LogP contribution is -2.34. The smallest absolute Gasteiger partial charge is 0.0472 e. The maximum Gasteiger partial charge on any atom is 0.0472 e. The quantitative estimate of drug-likeness (QED) is 0.882. The lowest BCUT2D eigenvalue weighted by atomic mass is 10.1. The van der Waals surface area contributed by atoms with E-state index in [9.17, 15) is 0 Å². The summed E-state index contributed by atoms with van der Waals surface area (Å²) in [7, 11) is 0. The highest BCUT2D eigenvalue weighted by Gasteiger charge is 2.22. The first-order valence-electron chi connectivity index (χ1n) is 7.82. The zero-order valence-electron chi connectivity index (χ0n) is 12.4. The molecule has 0 bridgehead atoms. The van der Waals surface area contributed by atoms with Crippen LogP contribution in [-0.4, -0.2) is 29.5 Å². The Kier molecular flexibility index (Phi) is 4.98. The van der Waals surface area contributed by atoms with E-state index in [4.69, 9.17) is 0 Å². The summed E-state index contributed by atoms with van der Waals surface area (Å²) >= 11 is 0. The van der Waals surface area contributed by atoms with Gasteiger partial charge in [-0.3, -0.25) is 9.88 Å². The van der Waals surface area contributed by atoms with Gasteiger partial charge in [0.15, 0.2) is 0 Å². The van der Waals surface area contributed by atoms with Gasteiger partial charge in [-0.15, -0.1) is 0 Å². The van der Waals surface area contributed by atoms with Gasteiger partial charge in [0.1, 0.15) is 0 Å². The molecule has 3 rings (SSSR count). The number of pyridine rings is 1. The average molecular weight is 281 g/mol. The molecule has 1 fully saturated rings. The second-order valence-electron chi connectivity index (χ2n) is 5.66. The highest BCUT2D eigenvalue weighted by atomic mass is 15.2. The van der Waals surface area contributed by atoms with Gasteiger partial charge in [-0.05, 0) is 49.2 Å². The van der Waals surface area contributed by atoms with Gasteiger partial charge in [-0.1, -0.05) is 30.3 Å². The molecular formula is C18H23N3. The molecule has 1 aromatic heterocycles. The zero-order chi connectivity index (χ0) is 14.3. The van der Waals surface area contributed by atoms with E-state index in [1.165, 1.54) is 37.1 Å². The van der Waals surface area contributed by atoms with E-state index < -0.39 is 0 Å². The van der Waals surface area contributed by atoms with Crippen molar-refractivity contribution in [1.29, 1.82) is 0 Å². The minimum Gasteiger partial charge on any atom is -0.311 e. The van der Waals surface area contributed by atoms with Gasteiger partial charge >= 0.3 is 0 Å². The number of nitrogens with zero attached hydrogens (tertiary/aromatic N) is 2. The maximum atomic E-state index is 4.06. The SMILES string of the molecule is c1ccc(C(CNCc2ccncc2)N2CCCC2)cc1. The van der Waals surface area contributed by atoms with E-state index in [2.05, 4.69) is 57.7 Å². The predicted octanol–water partition coefficient (Wildman–Crippen LogP) is 3.01. The van der Waals surface area contributed by atoms with Gasteiger partial charge in [0.25, 0.3) is 0 Å². The molecule has 1 atom stereocenters. The van der Waals surface area contributed by atoms with E-state index in [0.717, 1.165) is 13.1 Å². The fourth-order valence-corrected chi connectivity index (χ4v) is 3.04. The van der Waals surface area contributed by atoms with Crippen LogP contribution in [0.2, 0.25) is 0 Å². The largest absolute Gasteiger partial charge is 0.311 e. The summed E-state index contributed by atoms with van der Waals surface area (Å²) in [5.41, 5.74) is 2.71. The standard InChI is InChI=1S/C18H23N3/c1-2-6-17(7-3-1)18(21-12-4-5-13-21)15-20-14-16-8-10-19-11-9-16/h1-3,6-11,18,20H,4-5,12-15H2. The Morgan fingerprint density at radius 3 is 2.43 bits per heavy atom. The van der Waals surface area contributed by atoms with Crippen LogP contribution >= 0.6 is 0 Å². The van der Waals surface area contributed by atoms with E-state index in [1.807, 2.05) is 12.4 Å². The molecule has 21 heavy (non-hydrogen) atoms. The summed E-state index contributed by atoms with van der Waals surface area (Å²) in [6, 6.07) is 15.5. The number of hydrogen-bond donors (Lipinski definition) is 1. The van der Waals surface area contributed by atoms with Crippen molar-refractivity contribution < 1.29 is 0 Å². The van der Waals surface area contributed by atoms with Crippen LogP contribution in [0.3, 0.4) is 0 Å². The first-order chi connectivity index (χ1) is 10.4. The second kappa shape index (κ2) is 7.34. The molecule has 1 aliphatic rings. The first-order valence-corrected chi connectivity index (χ1v) is 7.82. The molecular weight excluding hydrogens is 258 g/mol. The lowest BCUT2D eigenvalue weighted by molar-refractivity contribution is 0.238. The first kappa shape index (κ1) is 14.2. The Morgan fingerprint density at radius 1 is 1.00 bits per heavy atom. The van der Waals surface area contributed by atoms with Gasteiger partial charge in [-0.2, -0.15) is 0 Å². The van der Waals surface area contributed by atoms with Crippen LogP contribution in [0.15, 0.2) is 54.9 Å². The third-order valence-electron chi connectivity index (χ3n) is 4.18. The fraction of sp³-hybridized carbons (Fsp3) is 0.389. The fourth-order valence-electron chi connectivity index (χ4n) is 3.04. The van der Waals surface area contributed by atoms with Gasteiger partial charge in [0.05, 0.1) is 0 Å². The molecule has 1 saturated heterocycles. The topological polar surface area (TPSA) is 28.2 Å². The van der Waals surface area contributed by atoms with Gasteiger partial charge < -0.3 is 5.32 Å². The molecule has 3 heteroatoms. The minimum atomic E-state index is 0.482. The predicted molar refractivity (Wildman–Crippen MR) is 85.9 cm³/mol. The van der Waals surface area contributed by atoms with Crippen LogP contribution in [0.25, 0.3) is 0 Å². The monoisotopic (exact) mass is 281 g/mol. The van der Waals surface area contributed by atoms with Crippen LogP contribution in [-0.2, 0) is 6.54 Å². The number of hydrogen-bond acceptors (Lipinski definition) is 3. The Balaban J connectivity index is 1.62. The number of likely N-dealkylation sites (tertiary alicyclic amines) is 1. The highest BCUT2D eigenvalue weighted by Crippen LogP contribution is 2.24. The summed E-state index contributed by atoms with van der Waals surface area (Å²) in [5.74, 6) is 0. The van der Waals surface area contributed by atoms with Gasteiger partial charge in [-0.25, -0.2) is 0 Å². The van der Waals surface area contributed by atoms with Crippen LogP contribution in [0.5, 0.6) is 0 Å². The van der Waals surface area contributed by atoms with E-state index >= 15 is 0 Å². The van der Waals surface area contributed by atoms with E-state index in [1.54, 1.807) is 0 Å². The summed E-state index contributed by atoms with van der Waals surface area (Å²) in [4.78, 5) is 6.67. The average Bonchev–Trinajstić information content (AvgIpc) is 3.07. The van der Waals surface area contributed by atoms with Crippen LogP contribution in [0.4, 0.5) is 0 Å². The number of benzene rings is 1. The van der Waals surface area contributed by atoms with Crippen LogP contribution < -0.4 is 5.32 Å². The molecule has 0 spiro atoms. The maximum absolute atomic E-state index is 4.06. The number of rotatable bonds is 6. The molecule has 0 radical (unpaired) electrons. The van der Waals surface area contributed by atoms with Crippen molar-refractivity contribution in [3.8, 4) is 0 Å². The van der Waals surface area contributed by atoms with Crippen molar-refractivity contribution in [3.63, 3.8) is 0 Å². The minimum absolute atomic E-state index is 0.482. The van der Waals surface area contributed by atoms with Crippen molar-refractivity contribution in [2.24, 2.45) is 0 Å². The van der Waals surface area contributed by atoms with Crippen molar-refractivity contribution in [1.82, 2.24) is 15.2 Å². The third kappa shape index (κ3) is 3.90. The summed E-state index contributed by atoms with van der Waals surface area (Å²) in [6.07, 6.45) is 6.36. The van der Waals surface area contributed by atoms with Gasteiger partial charge in [0, 0.05) is 31.5 Å². The molecule has 1 N–H and O–H groups in total. The Bertz CT molecular complexity index is 521. The van der Waals surface area contributed by atoms with Crippen molar-refractivity contribution in [3.05, 3.63) is 66.0 Å². The summed E-state index contributed by atoms with van der Waals surface area (Å²) < 4.78 is 0. The molecule has 3 nitrogen and oxygen atoms in total. The Labute approximate surface area is 127 Å². The van der Waals surface area contributed by atoms with Crippen molar-refractivity contribution >= 4 is 0 Å². The molecule has 110 valence electrons. The Morgan fingerprint density at radius 2 is 1.71 bits per heavy atom. The molecule has 2 heterocycles. The molecule has 2 aromatic rings. The third-order valence-corrected chi connectivity index (χ3v) is 4.18. The second-order valence-corrected chi connectivity index (χ2v) is 5.66. The lowest BCUT2D eigenvalue weighted by Gasteiger charge is -2.28. The number of aromatic nitrogens is 1. The summed E-state index contributed by atoms with van der Waals surface area (Å²) in [6.45, 7) is 4.33. The summed E-state index contributed by atoms with van der Waals surface area (Å²) in [5, 5.41) is 3.61. The van der Waals surface area contributed by atoms with E-state index in [-0.39, 0.29) is 0 Å². The Hall–Kier alpha value is -1.71. The molecule has 1 unspecified atom stereocenters. The van der Waals surface area contributed by atoms with Crippen molar-refractivity contribution in [2.75, 3.05) is 19.6 Å². The molecule has 0 amide bonds. The molecule has 0 aliphatic carbocycles. The van der Waals surface area contributed by atoms with E-state index in [0.29, 0.717) is 6.04 Å².